The van der Waals surface area contributed by atoms with Crippen molar-refractivity contribution in [3.8, 4) is 22.8 Å². The van der Waals surface area contributed by atoms with Gasteiger partial charge in [-0.05, 0) is 97.9 Å². The number of piperidine rings is 1. The molecule has 0 spiro atoms. The third-order valence-corrected chi connectivity index (χ3v) is 6.97. The smallest absolute Gasteiger partial charge is 0.161 e. The van der Waals surface area contributed by atoms with Gasteiger partial charge in [-0.25, -0.2) is 0 Å². The molecule has 5 nitrogen and oxygen atoms in total. The minimum Gasteiger partial charge on any atom is -0.493 e. The molecule has 5 heteroatoms. The monoisotopic (exact) mass is 441 g/mol. The Morgan fingerprint density at radius 3 is 2.42 bits per heavy atom. The summed E-state index contributed by atoms with van der Waals surface area (Å²) in [7, 11) is 3.34. The van der Waals surface area contributed by atoms with Crippen molar-refractivity contribution in [1.29, 1.82) is 0 Å². The Morgan fingerprint density at radius 1 is 0.939 bits per heavy atom. The van der Waals surface area contributed by atoms with Gasteiger partial charge in [-0.1, -0.05) is 6.07 Å². The van der Waals surface area contributed by atoms with E-state index < -0.39 is 0 Å². The van der Waals surface area contributed by atoms with E-state index in [0.717, 1.165) is 42.4 Å². The maximum Gasteiger partial charge on any atom is 0.161 e. The van der Waals surface area contributed by atoms with Crippen LogP contribution in [-0.4, -0.2) is 42.2 Å². The van der Waals surface area contributed by atoms with Crippen molar-refractivity contribution < 1.29 is 9.47 Å². The summed E-state index contributed by atoms with van der Waals surface area (Å²) in [6.07, 6.45) is 6.16. The molecule has 0 atom stereocenters. The number of rotatable bonds is 6. The molecule has 0 radical (unpaired) electrons. The van der Waals surface area contributed by atoms with Gasteiger partial charge in [0, 0.05) is 41.1 Å². The van der Waals surface area contributed by atoms with Crippen LogP contribution in [0.2, 0.25) is 0 Å². The molecule has 1 saturated heterocycles. The van der Waals surface area contributed by atoms with Crippen molar-refractivity contribution in [2.75, 3.05) is 27.3 Å². The number of pyridine rings is 1. The van der Waals surface area contributed by atoms with E-state index in [1.807, 2.05) is 24.5 Å². The molecule has 0 aliphatic carbocycles. The van der Waals surface area contributed by atoms with Gasteiger partial charge in [-0.15, -0.1) is 0 Å². The van der Waals surface area contributed by atoms with Gasteiger partial charge in [-0.2, -0.15) is 0 Å². The molecule has 0 unspecified atom stereocenters. The fourth-order valence-electron chi connectivity index (χ4n) is 5.05. The van der Waals surface area contributed by atoms with Crippen LogP contribution in [0.4, 0.5) is 0 Å². The zero-order valence-corrected chi connectivity index (χ0v) is 19.6. The van der Waals surface area contributed by atoms with E-state index in [4.69, 9.17) is 9.47 Å². The minimum absolute atomic E-state index is 0.613. The van der Waals surface area contributed by atoms with Crippen molar-refractivity contribution in [3.63, 3.8) is 0 Å². The van der Waals surface area contributed by atoms with E-state index in [9.17, 15) is 0 Å². The van der Waals surface area contributed by atoms with Crippen molar-refractivity contribution in [3.05, 3.63) is 77.6 Å². The Morgan fingerprint density at radius 2 is 1.70 bits per heavy atom. The molecule has 1 aliphatic heterocycles. The van der Waals surface area contributed by atoms with Gasteiger partial charge in [0.1, 0.15) is 0 Å². The first-order valence-corrected chi connectivity index (χ1v) is 11.6. The minimum atomic E-state index is 0.613. The lowest BCUT2D eigenvalue weighted by atomic mass is 9.88. The SMILES string of the molecule is COc1ccc(-c2[nH]c3ccc(C4CCN(Cc5ccncc5)CC4)cc3c2C)cc1OC. The van der Waals surface area contributed by atoms with Crippen LogP contribution < -0.4 is 9.47 Å². The first kappa shape index (κ1) is 21.5. The van der Waals surface area contributed by atoms with Crippen molar-refractivity contribution in [2.45, 2.75) is 32.2 Å². The van der Waals surface area contributed by atoms with Gasteiger partial charge < -0.3 is 14.5 Å². The van der Waals surface area contributed by atoms with Crippen molar-refractivity contribution in [2.24, 2.45) is 0 Å². The second kappa shape index (κ2) is 9.28. The topological polar surface area (TPSA) is 50.4 Å². The largest absolute Gasteiger partial charge is 0.493 e. The number of nitrogens with one attached hydrogen (secondary N) is 1. The second-order valence-electron chi connectivity index (χ2n) is 8.91. The number of H-pyrrole nitrogens is 1. The zero-order valence-electron chi connectivity index (χ0n) is 19.6. The van der Waals surface area contributed by atoms with E-state index in [2.05, 4.69) is 58.2 Å². The summed E-state index contributed by atoms with van der Waals surface area (Å²) in [5.74, 6) is 2.10. The highest BCUT2D eigenvalue weighted by Gasteiger charge is 2.22. The van der Waals surface area contributed by atoms with Crippen LogP contribution in [0.5, 0.6) is 11.5 Å². The van der Waals surface area contributed by atoms with E-state index in [0.29, 0.717) is 5.92 Å². The summed E-state index contributed by atoms with van der Waals surface area (Å²) in [6, 6.07) is 17.3. The molecule has 0 bridgehead atoms. The lowest BCUT2D eigenvalue weighted by molar-refractivity contribution is 0.204. The number of ether oxygens (including phenoxy) is 2. The predicted octanol–water partition coefficient (Wildman–Crippen LogP) is 5.94. The fourth-order valence-corrected chi connectivity index (χ4v) is 5.05. The average Bonchev–Trinajstić information content (AvgIpc) is 3.20. The number of aromatic nitrogens is 2. The number of aryl methyl sites for hydroxylation is 1. The van der Waals surface area contributed by atoms with Gasteiger partial charge in [-0.3, -0.25) is 9.88 Å². The van der Waals surface area contributed by atoms with E-state index >= 15 is 0 Å². The highest BCUT2D eigenvalue weighted by atomic mass is 16.5. The number of benzene rings is 2. The molecular formula is C28H31N3O2. The molecule has 170 valence electrons. The maximum atomic E-state index is 5.51. The van der Waals surface area contributed by atoms with Crippen LogP contribution in [0.3, 0.4) is 0 Å². The third-order valence-electron chi connectivity index (χ3n) is 6.97. The van der Waals surface area contributed by atoms with Gasteiger partial charge >= 0.3 is 0 Å². The summed E-state index contributed by atoms with van der Waals surface area (Å²) >= 11 is 0. The van der Waals surface area contributed by atoms with E-state index in [1.165, 1.54) is 40.4 Å². The Hall–Kier alpha value is -3.31. The number of hydrogen-bond donors (Lipinski definition) is 1. The van der Waals surface area contributed by atoms with Gasteiger partial charge in [0.15, 0.2) is 11.5 Å². The van der Waals surface area contributed by atoms with Crippen LogP contribution in [0, 0.1) is 6.92 Å². The van der Waals surface area contributed by atoms with Crippen LogP contribution in [0.15, 0.2) is 60.9 Å². The molecule has 33 heavy (non-hydrogen) atoms. The molecule has 4 aromatic rings. The molecule has 1 aliphatic rings. The lowest BCUT2D eigenvalue weighted by Crippen LogP contribution is -2.32. The molecule has 0 saturated carbocycles. The van der Waals surface area contributed by atoms with Gasteiger partial charge in [0.05, 0.1) is 14.2 Å². The average molecular weight is 442 g/mol. The van der Waals surface area contributed by atoms with Crippen LogP contribution in [0.1, 0.15) is 35.4 Å². The Kier molecular flexibility index (Phi) is 6.05. The van der Waals surface area contributed by atoms with E-state index in [1.54, 1.807) is 14.2 Å². The normalized spacial score (nSPS) is 15.1. The number of likely N-dealkylation sites (tertiary alicyclic amines) is 1. The first-order valence-electron chi connectivity index (χ1n) is 11.6. The Labute approximate surface area is 195 Å². The molecule has 1 fully saturated rings. The molecule has 3 heterocycles. The number of nitrogens with zero attached hydrogens (tertiary/aromatic N) is 2. The van der Waals surface area contributed by atoms with Crippen molar-refractivity contribution >= 4 is 10.9 Å². The third kappa shape index (κ3) is 4.33. The highest BCUT2D eigenvalue weighted by Crippen LogP contribution is 2.37. The van der Waals surface area contributed by atoms with Crippen LogP contribution in [-0.2, 0) is 6.54 Å². The molecule has 2 aromatic heterocycles. The van der Waals surface area contributed by atoms with Crippen molar-refractivity contribution in [1.82, 2.24) is 14.9 Å². The maximum absolute atomic E-state index is 5.51. The lowest BCUT2D eigenvalue weighted by Gasteiger charge is -2.32. The Bertz CT molecular complexity index is 1240. The molecular weight excluding hydrogens is 410 g/mol. The second-order valence-corrected chi connectivity index (χ2v) is 8.91. The van der Waals surface area contributed by atoms with Gasteiger partial charge in [0.2, 0.25) is 0 Å². The highest BCUT2D eigenvalue weighted by molar-refractivity contribution is 5.91. The quantitative estimate of drug-likeness (QED) is 0.403. The number of fused-ring (bicyclic) bond motifs is 1. The molecule has 5 rings (SSSR count). The Balaban J connectivity index is 1.35. The molecule has 2 aromatic carbocycles. The number of hydrogen-bond acceptors (Lipinski definition) is 4. The summed E-state index contributed by atoms with van der Waals surface area (Å²) < 4.78 is 10.9. The standard InChI is InChI=1S/C28H31N3O2/c1-19-24-16-22(21-10-14-31(15-11-21)18-20-8-12-29-13-9-20)4-6-25(24)30-28(19)23-5-7-26(32-2)27(17-23)33-3/h4-9,12-13,16-17,21,30H,10-11,14-15,18H2,1-3H3. The van der Waals surface area contributed by atoms with Crippen LogP contribution >= 0.6 is 0 Å². The molecule has 0 amide bonds. The van der Waals surface area contributed by atoms with E-state index in [-0.39, 0.29) is 0 Å². The zero-order chi connectivity index (χ0) is 22.8. The number of methoxy groups -OCH3 is 2. The number of aromatic amines is 1. The summed E-state index contributed by atoms with van der Waals surface area (Å²) in [5.41, 5.74) is 7.48. The van der Waals surface area contributed by atoms with Gasteiger partial charge in [0.25, 0.3) is 0 Å². The molecule has 1 N–H and O–H groups in total. The first-order chi connectivity index (χ1) is 16.2. The van der Waals surface area contributed by atoms with Crippen LogP contribution in [0.25, 0.3) is 22.2 Å². The summed E-state index contributed by atoms with van der Waals surface area (Å²) in [6.45, 7) is 5.48. The summed E-state index contributed by atoms with van der Waals surface area (Å²) in [5, 5.41) is 1.30. The predicted molar refractivity (Wildman–Crippen MR) is 133 cm³/mol. The summed E-state index contributed by atoms with van der Waals surface area (Å²) in [4.78, 5) is 10.3. The fraction of sp³-hybridized carbons (Fsp3) is 0.321.